The van der Waals surface area contributed by atoms with Gasteiger partial charge in [-0.3, -0.25) is 4.79 Å². The van der Waals surface area contributed by atoms with Gasteiger partial charge in [0, 0.05) is 17.5 Å². The van der Waals surface area contributed by atoms with Gasteiger partial charge in [0.15, 0.2) is 11.6 Å². The number of ketones is 1. The predicted octanol–water partition coefficient (Wildman–Crippen LogP) is 3.20. The van der Waals surface area contributed by atoms with Gasteiger partial charge in [-0.2, -0.15) is 0 Å². The highest BCUT2D eigenvalue weighted by atomic mass is 79.9. The highest BCUT2D eigenvalue weighted by Crippen LogP contribution is 2.28. The molecule has 5 heteroatoms. The molecule has 0 bridgehead atoms. The molecule has 0 aliphatic heterocycles. The zero-order chi connectivity index (χ0) is 11.4. The molecular weight excluding hydrogens is 286 g/mol. The largest absolute Gasteiger partial charge is 0.396 e. The number of rotatable bonds is 4. The first-order chi connectivity index (χ1) is 7.07. The molecule has 1 N–H and O–H groups in total. The molecule has 1 aromatic carbocycles. The fraction of sp³-hybridized carbons (Fsp3) is 0.300. The Hall–Kier alpha value is -0.450. The van der Waals surface area contributed by atoms with E-state index in [1.54, 1.807) is 0 Å². The number of benzene rings is 1. The van der Waals surface area contributed by atoms with Crippen LogP contribution in [0.25, 0.3) is 0 Å². The van der Waals surface area contributed by atoms with E-state index in [4.69, 9.17) is 16.7 Å². The van der Waals surface area contributed by atoms with Crippen molar-refractivity contribution in [1.29, 1.82) is 0 Å². The third-order valence-corrected chi connectivity index (χ3v) is 3.16. The van der Waals surface area contributed by atoms with Crippen molar-refractivity contribution in [3.63, 3.8) is 0 Å². The zero-order valence-corrected chi connectivity index (χ0v) is 10.1. The van der Waals surface area contributed by atoms with E-state index in [-0.39, 0.29) is 29.4 Å². The van der Waals surface area contributed by atoms with Gasteiger partial charge < -0.3 is 5.11 Å². The van der Waals surface area contributed by atoms with E-state index in [1.807, 2.05) is 0 Å². The average Bonchev–Trinajstić information content (AvgIpc) is 2.23. The lowest BCUT2D eigenvalue weighted by Crippen LogP contribution is -2.04. The number of aliphatic hydroxyl groups is 1. The fourth-order valence-electron chi connectivity index (χ4n) is 1.12. The molecule has 2 nitrogen and oxygen atoms in total. The van der Waals surface area contributed by atoms with Gasteiger partial charge in [-0.25, -0.2) is 4.39 Å². The smallest absolute Gasteiger partial charge is 0.165 e. The molecule has 0 spiro atoms. The average molecular weight is 296 g/mol. The van der Waals surface area contributed by atoms with E-state index in [9.17, 15) is 9.18 Å². The summed E-state index contributed by atoms with van der Waals surface area (Å²) in [5.41, 5.74) is -0.0309. The van der Waals surface area contributed by atoms with Crippen molar-refractivity contribution in [3.05, 3.63) is 33.0 Å². The summed E-state index contributed by atoms with van der Waals surface area (Å²) < 4.78 is 13.9. The molecule has 0 saturated carbocycles. The van der Waals surface area contributed by atoms with Gasteiger partial charge >= 0.3 is 0 Å². The number of hydrogen-bond donors (Lipinski definition) is 1. The van der Waals surface area contributed by atoms with Crippen LogP contribution >= 0.6 is 27.5 Å². The molecule has 0 amide bonds. The van der Waals surface area contributed by atoms with Gasteiger partial charge in [0.25, 0.3) is 0 Å². The summed E-state index contributed by atoms with van der Waals surface area (Å²) in [6, 6.07) is 2.91. The van der Waals surface area contributed by atoms with Gasteiger partial charge in [0.1, 0.15) is 0 Å². The van der Waals surface area contributed by atoms with Gasteiger partial charge in [-0.15, -0.1) is 0 Å². The van der Waals surface area contributed by atoms with Crippen LogP contribution in [0.4, 0.5) is 4.39 Å². The van der Waals surface area contributed by atoms with E-state index in [0.717, 1.165) is 0 Å². The monoisotopic (exact) mass is 294 g/mol. The summed E-state index contributed by atoms with van der Waals surface area (Å²) in [4.78, 5) is 11.5. The number of halogens is 3. The number of hydrogen-bond acceptors (Lipinski definition) is 2. The van der Waals surface area contributed by atoms with Crippen LogP contribution in [0.5, 0.6) is 0 Å². The van der Waals surface area contributed by atoms with Crippen LogP contribution in [-0.2, 0) is 0 Å². The third kappa shape index (κ3) is 3.00. The third-order valence-electron chi connectivity index (χ3n) is 1.90. The number of aliphatic hydroxyl groups excluding tert-OH is 1. The maximum atomic E-state index is 13.5. The van der Waals surface area contributed by atoms with E-state index >= 15 is 0 Å². The van der Waals surface area contributed by atoms with Crippen LogP contribution in [0.3, 0.4) is 0 Å². The molecular formula is C10H9BrClFO2. The number of Topliss-reactive ketones (excluding diaryl/α,β-unsaturated/α-hetero) is 1. The maximum Gasteiger partial charge on any atom is 0.165 e. The van der Waals surface area contributed by atoms with Crippen molar-refractivity contribution < 1.29 is 14.3 Å². The van der Waals surface area contributed by atoms with E-state index in [1.165, 1.54) is 12.1 Å². The summed E-state index contributed by atoms with van der Waals surface area (Å²) in [6.45, 7) is -0.0857. The second kappa shape index (κ2) is 5.58. The lowest BCUT2D eigenvalue weighted by atomic mass is 10.1. The quantitative estimate of drug-likeness (QED) is 0.684. The van der Waals surface area contributed by atoms with Crippen LogP contribution in [0.15, 0.2) is 16.6 Å². The molecule has 0 aromatic heterocycles. The summed E-state index contributed by atoms with van der Waals surface area (Å²) in [5, 5.41) is 8.46. The Morgan fingerprint density at radius 3 is 2.80 bits per heavy atom. The highest BCUT2D eigenvalue weighted by Gasteiger charge is 2.15. The maximum absolute atomic E-state index is 13.5. The highest BCUT2D eigenvalue weighted by molar-refractivity contribution is 9.10. The van der Waals surface area contributed by atoms with Crippen LogP contribution in [0.2, 0.25) is 5.02 Å². The molecule has 0 atom stereocenters. The van der Waals surface area contributed by atoms with Crippen LogP contribution < -0.4 is 0 Å². The molecule has 0 heterocycles. The number of carbonyl (C=O) groups excluding carboxylic acids is 1. The Morgan fingerprint density at radius 2 is 2.20 bits per heavy atom. The molecule has 0 saturated heterocycles. The van der Waals surface area contributed by atoms with Crippen LogP contribution in [0, 0.1) is 5.82 Å². The van der Waals surface area contributed by atoms with Gasteiger partial charge in [0.2, 0.25) is 0 Å². The van der Waals surface area contributed by atoms with E-state index in [2.05, 4.69) is 15.9 Å². The van der Waals surface area contributed by atoms with Crippen molar-refractivity contribution in [2.45, 2.75) is 12.8 Å². The van der Waals surface area contributed by atoms with Crippen molar-refractivity contribution >= 4 is 33.3 Å². The van der Waals surface area contributed by atoms with E-state index in [0.29, 0.717) is 10.9 Å². The Morgan fingerprint density at radius 1 is 1.53 bits per heavy atom. The molecule has 0 aliphatic rings. The lowest BCUT2D eigenvalue weighted by Gasteiger charge is -2.04. The summed E-state index contributed by atoms with van der Waals surface area (Å²) in [6.07, 6.45) is 0.442. The van der Waals surface area contributed by atoms with Gasteiger partial charge in [-0.05, 0) is 34.5 Å². The van der Waals surface area contributed by atoms with Gasteiger partial charge in [0.05, 0.1) is 10.6 Å². The minimum absolute atomic E-state index is 0.0309. The van der Waals surface area contributed by atoms with Crippen molar-refractivity contribution in [2.75, 3.05) is 6.61 Å². The Bertz CT molecular complexity index is 382. The lowest BCUT2D eigenvalue weighted by molar-refractivity contribution is 0.0967. The van der Waals surface area contributed by atoms with Gasteiger partial charge in [-0.1, -0.05) is 11.6 Å². The Labute approximate surface area is 100 Å². The SMILES string of the molecule is O=C(CCCO)c1ccc(Br)c(Cl)c1F. The number of carbonyl (C=O) groups is 1. The zero-order valence-electron chi connectivity index (χ0n) is 7.77. The predicted molar refractivity (Wildman–Crippen MR) is 59.8 cm³/mol. The minimum atomic E-state index is -0.714. The molecule has 82 valence electrons. The first-order valence-electron chi connectivity index (χ1n) is 4.35. The molecule has 0 fully saturated rings. The molecule has 15 heavy (non-hydrogen) atoms. The summed E-state index contributed by atoms with van der Waals surface area (Å²) >= 11 is 8.70. The normalized spacial score (nSPS) is 10.4. The topological polar surface area (TPSA) is 37.3 Å². The second-order valence-corrected chi connectivity index (χ2v) is 4.21. The van der Waals surface area contributed by atoms with E-state index < -0.39 is 5.82 Å². The molecule has 0 radical (unpaired) electrons. The second-order valence-electron chi connectivity index (χ2n) is 2.97. The summed E-state index contributed by atoms with van der Waals surface area (Å²) in [5.74, 6) is -1.06. The molecule has 0 aliphatic carbocycles. The standard InChI is InChI=1S/C10H9BrClFO2/c11-7-4-3-6(10(13)9(7)12)8(15)2-1-5-14/h3-4,14H,1-2,5H2. The van der Waals surface area contributed by atoms with Crippen LogP contribution in [-0.4, -0.2) is 17.5 Å². The van der Waals surface area contributed by atoms with Crippen LogP contribution in [0.1, 0.15) is 23.2 Å². The first kappa shape index (κ1) is 12.6. The summed E-state index contributed by atoms with van der Waals surface area (Å²) in [7, 11) is 0. The molecule has 1 aromatic rings. The molecule has 0 unspecified atom stereocenters. The fourth-order valence-corrected chi connectivity index (χ4v) is 1.59. The minimum Gasteiger partial charge on any atom is -0.396 e. The first-order valence-corrected chi connectivity index (χ1v) is 5.52. The molecule has 1 rings (SSSR count). The Balaban J connectivity index is 2.95. The Kier molecular flexibility index (Phi) is 4.70. The van der Waals surface area contributed by atoms with Crippen molar-refractivity contribution in [3.8, 4) is 0 Å². The van der Waals surface area contributed by atoms with Crippen molar-refractivity contribution in [1.82, 2.24) is 0 Å². The van der Waals surface area contributed by atoms with Crippen molar-refractivity contribution in [2.24, 2.45) is 0 Å².